The molecule has 1 atom stereocenters. The molecule has 174 valence electrons. The minimum absolute atomic E-state index is 0. The van der Waals surface area contributed by atoms with Crippen molar-refractivity contribution in [3.8, 4) is 0 Å². The standard InChI is InChI=1S/C22H42O2.3Na.H2O4S/c1-3-5-7-8-9-10-11-12-13-14-15-16-17-18-20-21(22(23)24)19-6-4-2;;;;1-5(2,3)4/h12-13,21H,3-11,14-20H2,1-2H3,(H,23,24);;;;(H2,1,2,3,4)/q;3*+1;/p-3/b13-12-;;;;. The second kappa shape index (κ2) is 33.1. The third kappa shape index (κ3) is 45.6. The largest absolute Gasteiger partial charge is 1.00 e. The minimum atomic E-state index is -5.17. The number of unbranched alkanes of at least 4 members (excludes halogenated alkanes) is 11. The Bertz CT molecular complexity index is 494. The monoisotopic (exact) mass is 502 g/mol. The van der Waals surface area contributed by atoms with Gasteiger partial charge in [-0.05, 0) is 44.4 Å². The summed E-state index contributed by atoms with van der Waals surface area (Å²) in [6, 6.07) is 0. The summed E-state index contributed by atoms with van der Waals surface area (Å²) in [6.07, 6.45) is 23.6. The average molecular weight is 503 g/mol. The Morgan fingerprint density at radius 3 is 1.44 bits per heavy atom. The molecule has 0 N–H and O–H groups in total. The summed E-state index contributed by atoms with van der Waals surface area (Å²) in [6.45, 7) is 4.36. The summed E-state index contributed by atoms with van der Waals surface area (Å²) in [5.74, 6) is -1.07. The minimum Gasteiger partial charge on any atom is -0.759 e. The van der Waals surface area contributed by atoms with Crippen LogP contribution >= 0.6 is 0 Å². The van der Waals surface area contributed by atoms with Crippen LogP contribution in [0.5, 0.6) is 0 Å². The Morgan fingerprint density at radius 2 is 1.03 bits per heavy atom. The van der Waals surface area contributed by atoms with Crippen molar-refractivity contribution in [2.75, 3.05) is 0 Å². The van der Waals surface area contributed by atoms with E-state index in [1.807, 2.05) is 0 Å². The number of hydrogen-bond acceptors (Lipinski definition) is 6. The molecule has 0 radical (unpaired) electrons. The number of rotatable bonds is 18. The van der Waals surface area contributed by atoms with Gasteiger partial charge in [0.25, 0.3) is 0 Å². The maximum absolute atomic E-state index is 11.1. The van der Waals surface area contributed by atoms with Crippen LogP contribution in [0.15, 0.2) is 12.2 Å². The molecular formula is C22H41Na3O6S. The number of aliphatic carboxylic acids is 1. The van der Waals surface area contributed by atoms with E-state index < -0.39 is 16.4 Å². The van der Waals surface area contributed by atoms with Crippen LogP contribution in [-0.4, -0.2) is 23.5 Å². The molecule has 0 spiro atoms. The fourth-order valence-electron chi connectivity index (χ4n) is 3.12. The maximum atomic E-state index is 11.1. The van der Waals surface area contributed by atoms with Crippen molar-refractivity contribution >= 4 is 16.4 Å². The van der Waals surface area contributed by atoms with Crippen LogP contribution in [0.3, 0.4) is 0 Å². The molecule has 0 saturated heterocycles. The van der Waals surface area contributed by atoms with E-state index in [-0.39, 0.29) is 94.6 Å². The Kier molecular flexibility index (Phi) is 45.6. The summed E-state index contributed by atoms with van der Waals surface area (Å²) in [7, 11) is -5.17. The molecule has 0 bridgehead atoms. The topological polar surface area (TPSA) is 120 Å². The molecule has 32 heavy (non-hydrogen) atoms. The van der Waals surface area contributed by atoms with Gasteiger partial charge in [0.15, 0.2) is 0 Å². The van der Waals surface area contributed by atoms with Crippen molar-refractivity contribution in [1.29, 1.82) is 0 Å². The summed E-state index contributed by atoms with van der Waals surface area (Å²) >= 11 is 0. The second-order valence-corrected chi connectivity index (χ2v) is 8.40. The van der Waals surface area contributed by atoms with Crippen LogP contribution in [0.2, 0.25) is 0 Å². The number of carbonyl (C=O) groups is 1. The first-order valence-corrected chi connectivity index (χ1v) is 12.6. The van der Waals surface area contributed by atoms with Gasteiger partial charge in [-0.1, -0.05) is 90.2 Å². The smallest absolute Gasteiger partial charge is 0.759 e. The van der Waals surface area contributed by atoms with Gasteiger partial charge in [0.1, 0.15) is 0 Å². The van der Waals surface area contributed by atoms with Crippen molar-refractivity contribution in [3.63, 3.8) is 0 Å². The van der Waals surface area contributed by atoms with Crippen molar-refractivity contribution in [1.82, 2.24) is 0 Å². The van der Waals surface area contributed by atoms with Gasteiger partial charge in [-0.15, -0.1) is 0 Å². The van der Waals surface area contributed by atoms with E-state index >= 15 is 0 Å². The Morgan fingerprint density at radius 1 is 0.688 bits per heavy atom. The van der Waals surface area contributed by atoms with Gasteiger partial charge in [0.05, 0.1) is 0 Å². The number of carbonyl (C=O) groups excluding carboxylic acids is 1. The fraction of sp³-hybridized carbons (Fsp3) is 0.864. The Hall–Kier alpha value is 2.08. The summed E-state index contributed by atoms with van der Waals surface area (Å²) in [5, 5.41) is 11.1. The molecule has 6 nitrogen and oxygen atoms in total. The van der Waals surface area contributed by atoms with Crippen LogP contribution in [-0.2, 0) is 15.2 Å². The van der Waals surface area contributed by atoms with Gasteiger partial charge in [-0.25, -0.2) is 0 Å². The number of carboxylic acid groups (broad SMARTS) is 1. The van der Waals surface area contributed by atoms with Gasteiger partial charge in [-0.3, -0.25) is 8.42 Å². The second-order valence-electron chi connectivity index (χ2n) is 7.59. The summed E-state index contributed by atoms with van der Waals surface area (Å²) in [4.78, 5) is 11.1. The zero-order chi connectivity index (χ0) is 22.4. The van der Waals surface area contributed by atoms with Crippen molar-refractivity contribution in [3.05, 3.63) is 12.2 Å². The van der Waals surface area contributed by atoms with Crippen molar-refractivity contribution < 1.29 is 116 Å². The van der Waals surface area contributed by atoms with E-state index in [0.29, 0.717) is 0 Å². The van der Waals surface area contributed by atoms with E-state index in [1.54, 1.807) is 0 Å². The zero-order valence-electron chi connectivity index (χ0n) is 21.4. The van der Waals surface area contributed by atoms with Crippen LogP contribution in [0.1, 0.15) is 117 Å². The molecule has 0 amide bonds. The van der Waals surface area contributed by atoms with Gasteiger partial charge in [0, 0.05) is 16.4 Å². The van der Waals surface area contributed by atoms with E-state index in [1.165, 1.54) is 64.2 Å². The van der Waals surface area contributed by atoms with Crippen molar-refractivity contribution in [2.45, 2.75) is 117 Å². The van der Waals surface area contributed by atoms with E-state index in [0.717, 1.165) is 38.5 Å². The van der Waals surface area contributed by atoms with Gasteiger partial charge in [0.2, 0.25) is 0 Å². The molecule has 0 aliphatic carbocycles. The predicted octanol–water partition coefficient (Wildman–Crippen LogP) is -4.14. The fourth-order valence-corrected chi connectivity index (χ4v) is 3.12. The third-order valence-electron chi connectivity index (χ3n) is 4.80. The number of carboxylic acids is 1. The van der Waals surface area contributed by atoms with Gasteiger partial charge in [-0.2, -0.15) is 0 Å². The molecule has 10 heteroatoms. The molecule has 0 aromatic rings. The van der Waals surface area contributed by atoms with Gasteiger partial charge >= 0.3 is 88.7 Å². The molecule has 1 unspecified atom stereocenters. The first-order valence-electron chi connectivity index (χ1n) is 11.2. The van der Waals surface area contributed by atoms with Crippen LogP contribution in [0, 0.1) is 5.92 Å². The Labute approximate surface area is 264 Å². The molecule has 0 rings (SSSR count). The number of hydrogen-bond donors (Lipinski definition) is 0. The SMILES string of the molecule is CCCCCCCC/C=C\CCCCCCC(CCCC)C(=O)[O-].O=S(=O)([O-])[O-].[Na+].[Na+].[Na+]. The molecule has 0 aliphatic heterocycles. The first-order chi connectivity index (χ1) is 13.7. The molecule has 0 aromatic heterocycles. The predicted molar refractivity (Wildman–Crippen MR) is 113 cm³/mol. The average Bonchev–Trinajstić information content (AvgIpc) is 2.62. The van der Waals surface area contributed by atoms with Crippen LogP contribution in [0.4, 0.5) is 0 Å². The first kappa shape index (κ1) is 44.1. The van der Waals surface area contributed by atoms with E-state index in [2.05, 4.69) is 26.0 Å². The molecule has 0 aromatic carbocycles. The zero-order valence-corrected chi connectivity index (χ0v) is 28.2. The quantitative estimate of drug-likeness (QED) is 0.0617. The molecule has 0 fully saturated rings. The third-order valence-corrected chi connectivity index (χ3v) is 4.80. The number of allylic oxidation sites excluding steroid dienone is 2. The van der Waals surface area contributed by atoms with Crippen molar-refractivity contribution in [2.24, 2.45) is 5.92 Å². The van der Waals surface area contributed by atoms with Gasteiger partial charge < -0.3 is 19.0 Å². The van der Waals surface area contributed by atoms with E-state index in [9.17, 15) is 9.90 Å². The van der Waals surface area contributed by atoms with Crippen LogP contribution < -0.4 is 93.8 Å². The summed E-state index contributed by atoms with van der Waals surface area (Å²) in [5.41, 5.74) is 0. The Balaban J connectivity index is -0.000000272. The molecular weight excluding hydrogens is 461 g/mol. The summed E-state index contributed by atoms with van der Waals surface area (Å²) < 4.78 is 34.1. The molecule has 0 saturated carbocycles. The van der Waals surface area contributed by atoms with E-state index in [4.69, 9.17) is 17.5 Å². The van der Waals surface area contributed by atoms with Crippen LogP contribution in [0.25, 0.3) is 0 Å². The molecule has 0 heterocycles. The normalized spacial score (nSPS) is 11.4. The molecule has 0 aliphatic rings. The maximum Gasteiger partial charge on any atom is 1.00 e.